The van der Waals surface area contributed by atoms with Gasteiger partial charge in [-0.05, 0) is 49.5 Å². The highest BCUT2D eigenvalue weighted by atomic mass is 16.5. The molecule has 1 aromatic rings. The number of benzene rings is 1. The maximum Gasteiger partial charge on any atom is 0.222 e. The van der Waals surface area contributed by atoms with E-state index >= 15 is 0 Å². The summed E-state index contributed by atoms with van der Waals surface area (Å²) in [5.74, 6) is 1.09. The van der Waals surface area contributed by atoms with E-state index in [9.17, 15) is 9.90 Å². The highest BCUT2D eigenvalue weighted by molar-refractivity contribution is 5.76. The summed E-state index contributed by atoms with van der Waals surface area (Å²) in [6.45, 7) is 3.18. The van der Waals surface area contributed by atoms with Crippen molar-refractivity contribution in [1.29, 1.82) is 0 Å². The molecule has 3 rings (SSSR count). The summed E-state index contributed by atoms with van der Waals surface area (Å²) in [7, 11) is 0. The molecule has 0 bridgehead atoms. The lowest BCUT2D eigenvalue weighted by atomic mass is 9.87. The van der Waals surface area contributed by atoms with Gasteiger partial charge in [-0.25, -0.2) is 0 Å². The van der Waals surface area contributed by atoms with Crippen LogP contribution in [0.2, 0.25) is 0 Å². The van der Waals surface area contributed by atoms with Gasteiger partial charge in [0.2, 0.25) is 5.91 Å². The zero-order valence-electron chi connectivity index (χ0n) is 14.4. The number of carbonyl (C=O) groups is 1. The minimum atomic E-state index is -0.305. The number of rotatable bonds is 5. The molecule has 2 aliphatic heterocycles. The number of carbonyl (C=O) groups excluding carboxylic acids is 1. The third-order valence-electron chi connectivity index (χ3n) is 5.53. The number of nitrogens with zero attached hydrogens (tertiary/aromatic N) is 1. The van der Waals surface area contributed by atoms with Crippen LogP contribution in [0.5, 0.6) is 0 Å². The molecular formula is C20H29NO3. The van der Waals surface area contributed by atoms with Gasteiger partial charge in [0.25, 0.3) is 0 Å². The van der Waals surface area contributed by atoms with Gasteiger partial charge in [-0.1, -0.05) is 30.3 Å². The second-order valence-electron chi connectivity index (χ2n) is 7.24. The molecule has 0 radical (unpaired) electrons. The lowest BCUT2D eigenvalue weighted by Gasteiger charge is -2.35. The van der Waals surface area contributed by atoms with E-state index in [1.54, 1.807) is 0 Å². The van der Waals surface area contributed by atoms with E-state index in [1.807, 2.05) is 23.1 Å². The van der Waals surface area contributed by atoms with E-state index < -0.39 is 0 Å². The average molecular weight is 331 g/mol. The minimum absolute atomic E-state index is 0.290. The number of aliphatic hydroxyl groups is 1. The van der Waals surface area contributed by atoms with Crippen molar-refractivity contribution >= 4 is 5.91 Å². The van der Waals surface area contributed by atoms with Gasteiger partial charge in [-0.3, -0.25) is 4.79 Å². The molecule has 2 heterocycles. The van der Waals surface area contributed by atoms with Crippen molar-refractivity contribution in [2.24, 2.45) is 11.8 Å². The standard InChI is InChI=1S/C20H29NO3/c22-19(14-16-4-2-1-3-5-16)18-6-10-21(11-7-18)20(23)15-17-8-12-24-13-9-17/h1-5,17-19,22H,6-15H2/t19-/m0/s1. The first-order chi connectivity index (χ1) is 11.7. The Morgan fingerprint density at radius 2 is 1.79 bits per heavy atom. The van der Waals surface area contributed by atoms with E-state index in [4.69, 9.17) is 4.74 Å². The van der Waals surface area contributed by atoms with Gasteiger partial charge in [0.1, 0.15) is 0 Å². The van der Waals surface area contributed by atoms with Gasteiger partial charge < -0.3 is 14.7 Å². The summed E-state index contributed by atoms with van der Waals surface area (Å²) < 4.78 is 5.36. The fourth-order valence-corrected chi connectivity index (χ4v) is 3.88. The zero-order valence-corrected chi connectivity index (χ0v) is 14.4. The van der Waals surface area contributed by atoms with E-state index in [1.165, 1.54) is 5.56 Å². The van der Waals surface area contributed by atoms with E-state index in [-0.39, 0.29) is 12.0 Å². The quantitative estimate of drug-likeness (QED) is 0.902. The molecule has 4 nitrogen and oxygen atoms in total. The smallest absolute Gasteiger partial charge is 0.222 e. The van der Waals surface area contributed by atoms with Crippen LogP contribution in [0.15, 0.2) is 30.3 Å². The van der Waals surface area contributed by atoms with E-state index in [0.29, 0.717) is 24.7 Å². The van der Waals surface area contributed by atoms with Crippen molar-refractivity contribution in [2.75, 3.05) is 26.3 Å². The summed E-state index contributed by atoms with van der Waals surface area (Å²) in [5, 5.41) is 10.5. The molecule has 4 heteroatoms. The van der Waals surface area contributed by atoms with E-state index in [2.05, 4.69) is 12.1 Å². The second kappa shape index (κ2) is 8.63. The topological polar surface area (TPSA) is 49.8 Å². The highest BCUT2D eigenvalue weighted by Crippen LogP contribution is 2.25. The molecule has 0 aromatic heterocycles. The van der Waals surface area contributed by atoms with Gasteiger partial charge in [0.15, 0.2) is 0 Å². The molecule has 0 saturated carbocycles. The highest BCUT2D eigenvalue weighted by Gasteiger charge is 2.28. The average Bonchev–Trinajstić information content (AvgIpc) is 2.63. The Labute approximate surface area is 144 Å². The molecule has 1 N–H and O–H groups in total. The molecule has 1 aromatic carbocycles. The number of likely N-dealkylation sites (tertiary alicyclic amines) is 1. The molecule has 0 unspecified atom stereocenters. The van der Waals surface area contributed by atoms with Crippen molar-refractivity contribution in [3.63, 3.8) is 0 Å². The molecule has 2 fully saturated rings. The van der Waals surface area contributed by atoms with Crippen molar-refractivity contribution < 1.29 is 14.6 Å². The SMILES string of the molecule is O=C(CC1CCOCC1)N1CCC([C@@H](O)Cc2ccccc2)CC1. The van der Waals surface area contributed by atoms with Crippen LogP contribution in [0, 0.1) is 11.8 Å². The predicted molar refractivity (Wildman–Crippen MR) is 93.6 cm³/mol. The summed E-state index contributed by atoms with van der Waals surface area (Å²) in [5.41, 5.74) is 1.18. The van der Waals surface area contributed by atoms with Crippen molar-refractivity contribution in [1.82, 2.24) is 4.90 Å². The third kappa shape index (κ3) is 4.81. The Morgan fingerprint density at radius 3 is 2.46 bits per heavy atom. The maximum atomic E-state index is 12.5. The predicted octanol–water partition coefficient (Wildman–Crippen LogP) is 2.65. The second-order valence-corrected chi connectivity index (χ2v) is 7.24. The van der Waals surface area contributed by atoms with Gasteiger partial charge in [0, 0.05) is 32.7 Å². The lowest BCUT2D eigenvalue weighted by Crippen LogP contribution is -2.42. The Kier molecular flexibility index (Phi) is 6.27. The number of aliphatic hydroxyl groups excluding tert-OH is 1. The molecule has 132 valence electrons. The fourth-order valence-electron chi connectivity index (χ4n) is 3.88. The normalized spacial score (nSPS) is 21.6. The number of amides is 1. The molecule has 0 aliphatic carbocycles. The largest absolute Gasteiger partial charge is 0.392 e. The number of ether oxygens (including phenoxy) is 1. The third-order valence-corrected chi connectivity index (χ3v) is 5.53. The van der Waals surface area contributed by atoms with Gasteiger partial charge in [-0.15, -0.1) is 0 Å². The number of piperidine rings is 1. The van der Waals surface area contributed by atoms with Crippen LogP contribution >= 0.6 is 0 Å². The van der Waals surface area contributed by atoms with Crippen LogP contribution in [-0.2, 0) is 16.0 Å². The Bertz CT molecular complexity index is 505. The number of hydrogen-bond acceptors (Lipinski definition) is 3. The Hall–Kier alpha value is -1.39. The maximum absolute atomic E-state index is 12.5. The van der Waals surface area contributed by atoms with Gasteiger partial charge in [-0.2, -0.15) is 0 Å². The van der Waals surface area contributed by atoms with Crippen LogP contribution in [0.25, 0.3) is 0 Å². The molecule has 2 aliphatic rings. The molecule has 2 saturated heterocycles. The van der Waals surface area contributed by atoms with Crippen molar-refractivity contribution in [3.8, 4) is 0 Å². The van der Waals surface area contributed by atoms with Crippen LogP contribution < -0.4 is 0 Å². The molecular weight excluding hydrogens is 302 g/mol. The first-order valence-corrected chi connectivity index (χ1v) is 9.30. The summed E-state index contributed by atoms with van der Waals surface area (Å²) >= 11 is 0. The lowest BCUT2D eigenvalue weighted by molar-refractivity contribution is -0.134. The van der Waals surface area contributed by atoms with Crippen molar-refractivity contribution in [3.05, 3.63) is 35.9 Å². The summed E-state index contributed by atoms with van der Waals surface area (Å²) in [6.07, 6.45) is 4.92. The first-order valence-electron chi connectivity index (χ1n) is 9.30. The summed E-state index contributed by atoms with van der Waals surface area (Å²) in [6, 6.07) is 10.2. The molecule has 24 heavy (non-hydrogen) atoms. The van der Waals surface area contributed by atoms with Crippen molar-refractivity contribution in [2.45, 2.75) is 44.6 Å². The first kappa shape index (κ1) is 17.4. The Morgan fingerprint density at radius 1 is 1.12 bits per heavy atom. The zero-order chi connectivity index (χ0) is 16.8. The number of hydrogen-bond donors (Lipinski definition) is 1. The monoisotopic (exact) mass is 331 g/mol. The van der Waals surface area contributed by atoms with Gasteiger partial charge in [0.05, 0.1) is 6.10 Å². The summed E-state index contributed by atoms with van der Waals surface area (Å²) in [4.78, 5) is 14.5. The van der Waals surface area contributed by atoms with Crippen LogP contribution in [0.4, 0.5) is 0 Å². The van der Waals surface area contributed by atoms with Gasteiger partial charge >= 0.3 is 0 Å². The van der Waals surface area contributed by atoms with E-state index in [0.717, 1.165) is 52.0 Å². The molecule has 1 amide bonds. The fraction of sp³-hybridized carbons (Fsp3) is 0.650. The molecule has 0 spiro atoms. The minimum Gasteiger partial charge on any atom is -0.392 e. The Balaban J connectivity index is 1.42. The van der Waals surface area contributed by atoms with Crippen LogP contribution in [0.3, 0.4) is 0 Å². The van der Waals surface area contributed by atoms with Crippen LogP contribution in [0.1, 0.15) is 37.7 Å². The molecule has 1 atom stereocenters. The van der Waals surface area contributed by atoms with Crippen LogP contribution in [-0.4, -0.2) is 48.3 Å².